The van der Waals surface area contributed by atoms with Crippen LogP contribution >= 0.6 is 0 Å². The van der Waals surface area contributed by atoms with Crippen LogP contribution in [0.1, 0.15) is 11.6 Å². The van der Waals surface area contributed by atoms with Crippen LogP contribution in [0.3, 0.4) is 0 Å². The molecule has 0 aliphatic rings. The Balaban J connectivity index is 2.76. The molecule has 17 heavy (non-hydrogen) atoms. The third-order valence-electron chi connectivity index (χ3n) is 2.36. The highest BCUT2D eigenvalue weighted by Crippen LogP contribution is 2.23. The molecule has 1 rings (SSSR count). The molecule has 6 heteroatoms. The lowest BCUT2D eigenvalue weighted by Crippen LogP contribution is -2.47. The van der Waals surface area contributed by atoms with Crippen molar-refractivity contribution < 1.29 is 23.4 Å². The average molecular weight is 249 g/mol. The first-order chi connectivity index (χ1) is 7.99. The van der Waals surface area contributed by atoms with E-state index in [2.05, 4.69) is 5.32 Å². The van der Waals surface area contributed by atoms with Gasteiger partial charge in [-0.3, -0.25) is 5.32 Å². The Kier molecular flexibility index (Phi) is 4.92. The Morgan fingerprint density at radius 1 is 1.06 bits per heavy atom. The highest BCUT2D eigenvalue weighted by molar-refractivity contribution is 5.19. The molecule has 1 aromatic rings. The van der Waals surface area contributed by atoms with Crippen LogP contribution in [-0.4, -0.2) is 35.6 Å². The normalized spacial score (nSPS) is 15.6. The number of hydrogen-bond acceptors (Lipinski definition) is 3. The third-order valence-corrected chi connectivity index (χ3v) is 2.36. The third kappa shape index (κ3) is 3.99. The number of aliphatic hydroxyl groups is 2. The average Bonchev–Trinajstić information content (AvgIpc) is 2.30. The van der Waals surface area contributed by atoms with E-state index in [-0.39, 0.29) is 0 Å². The lowest BCUT2D eigenvalue weighted by molar-refractivity contribution is -0.166. The maximum absolute atomic E-state index is 12.4. The molecule has 0 saturated heterocycles. The van der Waals surface area contributed by atoms with Crippen molar-refractivity contribution in [3.8, 4) is 0 Å². The van der Waals surface area contributed by atoms with Gasteiger partial charge in [-0.15, -0.1) is 0 Å². The summed E-state index contributed by atoms with van der Waals surface area (Å²) in [4.78, 5) is 0. The fourth-order valence-corrected chi connectivity index (χ4v) is 1.43. The van der Waals surface area contributed by atoms with Crippen LogP contribution in [0.5, 0.6) is 0 Å². The van der Waals surface area contributed by atoms with Crippen molar-refractivity contribution in [2.75, 3.05) is 13.2 Å². The summed E-state index contributed by atoms with van der Waals surface area (Å²) in [6, 6.07) is 5.39. The molecule has 0 aliphatic heterocycles. The molecule has 0 aromatic heterocycles. The van der Waals surface area contributed by atoms with Crippen LogP contribution in [0.2, 0.25) is 0 Å². The second-order valence-corrected chi connectivity index (χ2v) is 3.59. The fourth-order valence-electron chi connectivity index (χ4n) is 1.43. The standard InChI is InChI=1S/C11H14F3NO2/c12-11(13,14)10(7-17)15-9(6-16)8-4-2-1-3-5-8/h1-5,9-10,15-17H,6-7H2/t9-,10-/m0/s1. The van der Waals surface area contributed by atoms with E-state index in [1.807, 2.05) is 0 Å². The highest BCUT2D eigenvalue weighted by atomic mass is 19.4. The Bertz CT molecular complexity index is 329. The van der Waals surface area contributed by atoms with Gasteiger partial charge < -0.3 is 10.2 Å². The fraction of sp³-hybridized carbons (Fsp3) is 0.455. The van der Waals surface area contributed by atoms with Crippen molar-refractivity contribution in [1.82, 2.24) is 5.32 Å². The second kappa shape index (κ2) is 6.00. The summed E-state index contributed by atoms with van der Waals surface area (Å²) in [5.74, 6) is 0. The van der Waals surface area contributed by atoms with Crippen molar-refractivity contribution in [3.05, 3.63) is 35.9 Å². The predicted octanol–water partition coefficient (Wildman–Crippen LogP) is 1.23. The minimum atomic E-state index is -4.54. The summed E-state index contributed by atoms with van der Waals surface area (Å²) in [5, 5.41) is 20.0. The lowest BCUT2D eigenvalue weighted by Gasteiger charge is -2.25. The zero-order valence-electron chi connectivity index (χ0n) is 8.98. The maximum atomic E-state index is 12.4. The summed E-state index contributed by atoms with van der Waals surface area (Å²) < 4.78 is 37.3. The van der Waals surface area contributed by atoms with E-state index in [0.29, 0.717) is 5.56 Å². The van der Waals surface area contributed by atoms with Gasteiger partial charge in [-0.1, -0.05) is 30.3 Å². The Morgan fingerprint density at radius 2 is 1.65 bits per heavy atom. The summed E-state index contributed by atoms with van der Waals surface area (Å²) >= 11 is 0. The van der Waals surface area contributed by atoms with Gasteiger partial charge in [-0.2, -0.15) is 13.2 Å². The molecule has 0 saturated carbocycles. The van der Waals surface area contributed by atoms with E-state index >= 15 is 0 Å². The zero-order valence-corrected chi connectivity index (χ0v) is 8.98. The van der Waals surface area contributed by atoms with E-state index in [0.717, 1.165) is 0 Å². The molecular weight excluding hydrogens is 235 g/mol. The number of halogens is 3. The molecule has 0 unspecified atom stereocenters. The Labute approximate surface area is 96.9 Å². The zero-order chi connectivity index (χ0) is 12.9. The quantitative estimate of drug-likeness (QED) is 0.735. The lowest BCUT2D eigenvalue weighted by atomic mass is 10.1. The topological polar surface area (TPSA) is 52.5 Å². The van der Waals surface area contributed by atoms with Gasteiger partial charge in [0.15, 0.2) is 0 Å². The number of hydrogen-bond donors (Lipinski definition) is 3. The van der Waals surface area contributed by atoms with Crippen LogP contribution in [0.15, 0.2) is 30.3 Å². The summed E-state index contributed by atoms with van der Waals surface area (Å²) in [5.41, 5.74) is 0.540. The molecule has 0 aliphatic carbocycles. The first-order valence-corrected chi connectivity index (χ1v) is 5.08. The molecule has 3 N–H and O–H groups in total. The van der Waals surface area contributed by atoms with Gasteiger partial charge in [0.25, 0.3) is 0 Å². The molecule has 0 radical (unpaired) electrons. The van der Waals surface area contributed by atoms with Gasteiger partial charge in [0.05, 0.1) is 19.3 Å². The minimum Gasteiger partial charge on any atom is -0.394 e. The van der Waals surface area contributed by atoms with E-state index in [1.165, 1.54) is 0 Å². The monoisotopic (exact) mass is 249 g/mol. The molecular formula is C11H14F3NO2. The Hall–Kier alpha value is -1.11. The van der Waals surface area contributed by atoms with Crippen LogP contribution < -0.4 is 5.32 Å². The Morgan fingerprint density at radius 3 is 2.06 bits per heavy atom. The molecule has 0 heterocycles. The maximum Gasteiger partial charge on any atom is 0.406 e. The van der Waals surface area contributed by atoms with Crippen molar-refractivity contribution in [2.45, 2.75) is 18.3 Å². The van der Waals surface area contributed by atoms with E-state index in [1.54, 1.807) is 30.3 Å². The number of rotatable bonds is 5. The molecule has 1 aromatic carbocycles. The highest BCUT2D eigenvalue weighted by Gasteiger charge is 2.40. The second-order valence-electron chi connectivity index (χ2n) is 3.59. The summed E-state index contributed by atoms with van der Waals surface area (Å²) in [7, 11) is 0. The number of alkyl halides is 3. The molecule has 0 bridgehead atoms. The largest absolute Gasteiger partial charge is 0.406 e. The van der Waals surface area contributed by atoms with Crippen LogP contribution in [0.25, 0.3) is 0 Å². The van der Waals surface area contributed by atoms with Gasteiger partial charge in [-0.05, 0) is 5.56 Å². The van der Waals surface area contributed by atoms with Crippen LogP contribution in [-0.2, 0) is 0 Å². The van der Waals surface area contributed by atoms with Crippen molar-refractivity contribution in [3.63, 3.8) is 0 Å². The van der Waals surface area contributed by atoms with Gasteiger partial charge >= 0.3 is 6.18 Å². The van der Waals surface area contributed by atoms with Crippen LogP contribution in [0.4, 0.5) is 13.2 Å². The SMILES string of the molecule is OC[C@H](N[C@@H](CO)C(F)(F)F)c1ccccc1. The number of aliphatic hydroxyl groups excluding tert-OH is 2. The molecule has 0 spiro atoms. The van der Waals surface area contributed by atoms with E-state index in [9.17, 15) is 13.2 Å². The van der Waals surface area contributed by atoms with Gasteiger partial charge in [0, 0.05) is 0 Å². The summed E-state index contributed by atoms with van der Waals surface area (Å²) in [6.45, 7) is -1.54. The van der Waals surface area contributed by atoms with Gasteiger partial charge in [-0.25, -0.2) is 0 Å². The number of nitrogens with one attached hydrogen (secondary N) is 1. The van der Waals surface area contributed by atoms with Crippen LogP contribution in [0, 0.1) is 0 Å². The molecule has 0 fully saturated rings. The van der Waals surface area contributed by atoms with Crippen molar-refractivity contribution >= 4 is 0 Å². The molecule has 96 valence electrons. The predicted molar refractivity (Wildman–Crippen MR) is 56.3 cm³/mol. The number of benzene rings is 1. The van der Waals surface area contributed by atoms with E-state index < -0.39 is 31.5 Å². The summed E-state index contributed by atoms with van der Waals surface area (Å²) in [6.07, 6.45) is -4.54. The van der Waals surface area contributed by atoms with E-state index in [4.69, 9.17) is 10.2 Å². The molecule has 0 amide bonds. The van der Waals surface area contributed by atoms with Crippen molar-refractivity contribution in [1.29, 1.82) is 0 Å². The smallest absolute Gasteiger partial charge is 0.394 e. The minimum absolute atomic E-state index is 0.476. The first kappa shape index (κ1) is 14.0. The molecule has 2 atom stereocenters. The van der Waals surface area contributed by atoms with Gasteiger partial charge in [0.1, 0.15) is 6.04 Å². The van der Waals surface area contributed by atoms with Crippen molar-refractivity contribution in [2.24, 2.45) is 0 Å². The molecule has 3 nitrogen and oxygen atoms in total. The first-order valence-electron chi connectivity index (χ1n) is 5.08. The van der Waals surface area contributed by atoms with Gasteiger partial charge in [0.2, 0.25) is 0 Å².